The van der Waals surface area contributed by atoms with E-state index in [1.807, 2.05) is 6.07 Å². The van der Waals surface area contributed by atoms with Gasteiger partial charge in [-0.05, 0) is 55.0 Å². The fraction of sp³-hybridized carbons (Fsp3) is 0.348. The van der Waals surface area contributed by atoms with Crippen LogP contribution in [-0.2, 0) is 6.54 Å². The molecule has 0 amide bonds. The number of anilines is 1. The summed E-state index contributed by atoms with van der Waals surface area (Å²) >= 11 is 6.06. The highest BCUT2D eigenvalue weighted by Gasteiger charge is 2.40. The van der Waals surface area contributed by atoms with Gasteiger partial charge in [0.15, 0.2) is 11.6 Å². The summed E-state index contributed by atoms with van der Waals surface area (Å²) in [4.78, 5) is 6.82. The van der Waals surface area contributed by atoms with Crippen LogP contribution in [0.3, 0.4) is 0 Å². The van der Waals surface area contributed by atoms with E-state index in [2.05, 4.69) is 25.4 Å². The Morgan fingerprint density at radius 1 is 1.00 bits per heavy atom. The number of rotatable bonds is 5. The fourth-order valence-corrected chi connectivity index (χ4v) is 5.10. The Morgan fingerprint density at radius 3 is 2.47 bits per heavy atom. The van der Waals surface area contributed by atoms with Crippen molar-refractivity contribution in [1.82, 2.24) is 20.1 Å². The number of benzene rings is 1. The third kappa shape index (κ3) is 4.42. The van der Waals surface area contributed by atoms with Crippen LogP contribution in [0.25, 0.3) is 11.3 Å². The maximum Gasteiger partial charge on any atom is 0.168 e. The molecule has 32 heavy (non-hydrogen) atoms. The van der Waals surface area contributed by atoms with Crippen LogP contribution < -0.4 is 5.32 Å². The molecule has 5 nitrogen and oxygen atoms in total. The Labute approximate surface area is 188 Å². The number of fused-ring (bicyclic) bond motifs is 1. The van der Waals surface area contributed by atoms with E-state index < -0.39 is 17.5 Å². The quantitative estimate of drug-likeness (QED) is 0.548. The lowest BCUT2D eigenvalue weighted by molar-refractivity contribution is 0.297. The van der Waals surface area contributed by atoms with Gasteiger partial charge in [-0.25, -0.2) is 13.2 Å². The van der Waals surface area contributed by atoms with Crippen molar-refractivity contribution in [2.75, 3.05) is 18.4 Å². The minimum absolute atomic E-state index is 0.0833. The molecule has 5 rings (SSSR count). The van der Waals surface area contributed by atoms with Crippen molar-refractivity contribution in [1.29, 1.82) is 0 Å². The first-order valence-corrected chi connectivity index (χ1v) is 10.9. The molecule has 1 saturated heterocycles. The first-order chi connectivity index (χ1) is 15.4. The largest absolute Gasteiger partial charge is 0.366 e. The van der Waals surface area contributed by atoms with E-state index in [1.54, 1.807) is 18.3 Å². The number of likely N-dealkylation sites (tertiary alicyclic amines) is 1. The average Bonchev–Trinajstić information content (AvgIpc) is 3.29. The van der Waals surface area contributed by atoms with Crippen LogP contribution in [0.15, 0.2) is 42.6 Å². The van der Waals surface area contributed by atoms with Crippen LogP contribution in [0.4, 0.5) is 19.0 Å². The lowest BCUT2D eigenvalue weighted by atomic mass is 10.0. The molecule has 1 aliphatic heterocycles. The highest BCUT2D eigenvalue weighted by atomic mass is 35.5. The predicted molar refractivity (Wildman–Crippen MR) is 115 cm³/mol. The number of hydrogen-bond donors (Lipinski definition) is 1. The molecule has 2 aromatic heterocycles. The summed E-state index contributed by atoms with van der Waals surface area (Å²) < 4.78 is 40.9. The van der Waals surface area contributed by atoms with E-state index in [0.29, 0.717) is 28.7 Å². The van der Waals surface area contributed by atoms with E-state index in [-0.39, 0.29) is 17.3 Å². The van der Waals surface area contributed by atoms with Crippen LogP contribution in [0.1, 0.15) is 18.5 Å². The number of pyridine rings is 1. The maximum atomic E-state index is 14.0. The summed E-state index contributed by atoms with van der Waals surface area (Å²) in [5.41, 5.74) is 0.823. The van der Waals surface area contributed by atoms with Gasteiger partial charge in [-0.3, -0.25) is 9.88 Å². The van der Waals surface area contributed by atoms with Crippen LogP contribution in [-0.4, -0.2) is 39.2 Å². The topological polar surface area (TPSA) is 53.9 Å². The van der Waals surface area contributed by atoms with Crippen LogP contribution in [0.2, 0.25) is 5.02 Å². The molecule has 0 spiro atoms. The van der Waals surface area contributed by atoms with Crippen molar-refractivity contribution in [3.8, 4) is 11.3 Å². The molecular weight excluding hydrogens is 439 g/mol. The van der Waals surface area contributed by atoms with Crippen LogP contribution in [0.5, 0.6) is 0 Å². The fourth-order valence-electron chi connectivity index (χ4n) is 4.91. The van der Waals surface area contributed by atoms with Crippen molar-refractivity contribution in [2.24, 2.45) is 11.8 Å². The summed E-state index contributed by atoms with van der Waals surface area (Å²) in [5, 5.41) is 12.1. The Kier molecular flexibility index (Phi) is 5.73. The van der Waals surface area contributed by atoms with E-state index in [9.17, 15) is 13.2 Å². The van der Waals surface area contributed by atoms with E-state index in [1.165, 1.54) is 6.07 Å². The van der Waals surface area contributed by atoms with Gasteiger partial charge in [0.2, 0.25) is 0 Å². The Bertz CT molecular complexity index is 1110. The van der Waals surface area contributed by atoms with Crippen molar-refractivity contribution in [3.63, 3.8) is 0 Å². The van der Waals surface area contributed by atoms with Crippen molar-refractivity contribution in [3.05, 3.63) is 70.8 Å². The summed E-state index contributed by atoms with van der Waals surface area (Å²) in [6.45, 7) is 2.84. The van der Waals surface area contributed by atoms with Crippen LogP contribution in [0, 0.1) is 29.3 Å². The SMILES string of the molecule is Fc1cc(F)c(F)c(-c2ccc(N[C@H]3C[C@@H]4CN(Cc5cc(Cl)ccn5)C[C@@H]4C3)nn2)c1. The molecule has 1 saturated carbocycles. The van der Waals surface area contributed by atoms with E-state index in [0.717, 1.165) is 44.2 Å². The summed E-state index contributed by atoms with van der Waals surface area (Å²) in [6, 6.07) is 8.57. The molecule has 166 valence electrons. The van der Waals surface area contributed by atoms with Crippen molar-refractivity contribution >= 4 is 17.4 Å². The molecule has 3 atom stereocenters. The number of nitrogens with zero attached hydrogens (tertiary/aromatic N) is 4. The number of halogens is 4. The average molecular weight is 460 g/mol. The Hall–Kier alpha value is -2.71. The molecule has 1 aliphatic carbocycles. The number of nitrogens with one attached hydrogen (secondary N) is 1. The highest BCUT2D eigenvalue weighted by Crippen LogP contribution is 2.39. The Morgan fingerprint density at radius 2 is 1.78 bits per heavy atom. The minimum atomic E-state index is -1.25. The summed E-state index contributed by atoms with van der Waals surface area (Å²) in [6.07, 6.45) is 3.79. The lowest BCUT2D eigenvalue weighted by Crippen LogP contribution is -2.25. The molecule has 3 heterocycles. The van der Waals surface area contributed by atoms with Crippen molar-refractivity contribution < 1.29 is 13.2 Å². The summed E-state index contributed by atoms with van der Waals surface area (Å²) in [7, 11) is 0. The zero-order chi connectivity index (χ0) is 22.2. The second-order valence-corrected chi connectivity index (χ2v) is 8.98. The predicted octanol–water partition coefficient (Wildman–Crippen LogP) is 4.93. The number of hydrogen-bond acceptors (Lipinski definition) is 5. The number of aromatic nitrogens is 3. The van der Waals surface area contributed by atoms with E-state index in [4.69, 9.17) is 11.6 Å². The second-order valence-electron chi connectivity index (χ2n) is 8.55. The van der Waals surface area contributed by atoms with Gasteiger partial charge in [-0.15, -0.1) is 10.2 Å². The molecule has 0 bridgehead atoms. The molecule has 1 N–H and O–H groups in total. The second kappa shape index (κ2) is 8.67. The maximum absolute atomic E-state index is 14.0. The molecule has 0 unspecified atom stereocenters. The van der Waals surface area contributed by atoms with Gasteiger partial charge in [0.25, 0.3) is 0 Å². The zero-order valence-corrected chi connectivity index (χ0v) is 17.9. The van der Waals surface area contributed by atoms with Gasteiger partial charge in [0.1, 0.15) is 11.6 Å². The monoisotopic (exact) mass is 459 g/mol. The van der Waals surface area contributed by atoms with Gasteiger partial charge in [-0.1, -0.05) is 11.6 Å². The Balaban J connectivity index is 1.18. The molecule has 1 aromatic carbocycles. The van der Waals surface area contributed by atoms with Crippen molar-refractivity contribution in [2.45, 2.75) is 25.4 Å². The first-order valence-electron chi connectivity index (χ1n) is 10.5. The van der Waals surface area contributed by atoms with Crippen LogP contribution >= 0.6 is 11.6 Å². The molecule has 2 fully saturated rings. The third-order valence-electron chi connectivity index (χ3n) is 6.28. The van der Waals surface area contributed by atoms with Gasteiger partial charge in [-0.2, -0.15) is 0 Å². The standard InChI is InChI=1S/C23H21ClF3N5/c24-15-3-4-28-18(7-15)12-32-10-13-5-17(6-14(13)11-32)29-22-2-1-21(30-31-22)19-8-16(25)9-20(26)23(19)27/h1-4,7-9,13-14,17H,5-6,10-12H2,(H,29,31)/t13-,14+,17+. The first kappa shape index (κ1) is 21.2. The van der Waals surface area contributed by atoms with Gasteiger partial charge in [0.05, 0.1) is 11.4 Å². The van der Waals surface area contributed by atoms with Gasteiger partial charge >= 0.3 is 0 Å². The van der Waals surface area contributed by atoms with Gasteiger partial charge < -0.3 is 5.32 Å². The lowest BCUT2D eigenvalue weighted by Gasteiger charge is -2.19. The highest BCUT2D eigenvalue weighted by molar-refractivity contribution is 6.30. The van der Waals surface area contributed by atoms with E-state index >= 15 is 0 Å². The minimum Gasteiger partial charge on any atom is -0.366 e. The van der Waals surface area contributed by atoms with Gasteiger partial charge in [0, 0.05) is 48.5 Å². The smallest absolute Gasteiger partial charge is 0.168 e. The molecule has 0 radical (unpaired) electrons. The zero-order valence-electron chi connectivity index (χ0n) is 17.1. The normalized spacial score (nSPS) is 22.8. The molecule has 9 heteroatoms. The molecular formula is C23H21ClF3N5. The molecule has 3 aromatic rings. The third-order valence-corrected chi connectivity index (χ3v) is 6.51. The molecule has 2 aliphatic rings. The summed E-state index contributed by atoms with van der Waals surface area (Å²) in [5.74, 6) is -1.48.